The second-order valence-corrected chi connectivity index (χ2v) is 4.96. The fourth-order valence-corrected chi connectivity index (χ4v) is 1.99. The molecule has 0 saturated carbocycles. The molecule has 1 unspecified atom stereocenters. The number of nitrogens with zero attached hydrogens (tertiary/aromatic N) is 2. The van der Waals surface area contributed by atoms with Crippen molar-refractivity contribution in [1.82, 2.24) is 9.97 Å². The van der Waals surface area contributed by atoms with E-state index in [1.54, 1.807) is 6.33 Å². The maximum absolute atomic E-state index is 5.68. The van der Waals surface area contributed by atoms with Gasteiger partial charge in [-0.25, -0.2) is 9.97 Å². The lowest BCUT2D eigenvalue weighted by atomic mass is 10.2. The topological polar surface area (TPSA) is 61.0 Å². The van der Waals surface area contributed by atoms with E-state index in [1.165, 1.54) is 0 Å². The average molecular weight is 296 g/mol. The van der Waals surface area contributed by atoms with Gasteiger partial charge in [-0.15, -0.1) is 0 Å². The van der Waals surface area contributed by atoms with E-state index in [0.29, 0.717) is 6.61 Å². The van der Waals surface area contributed by atoms with Gasteiger partial charge in [0.25, 0.3) is 0 Å². The van der Waals surface area contributed by atoms with Gasteiger partial charge in [-0.2, -0.15) is 0 Å². The molecule has 0 bridgehead atoms. The molecule has 0 radical (unpaired) electrons. The minimum Gasteiger partial charge on any atom is -0.490 e. The first-order valence-corrected chi connectivity index (χ1v) is 6.16. The summed E-state index contributed by atoms with van der Waals surface area (Å²) in [4.78, 5) is 8.44. The van der Waals surface area contributed by atoms with Gasteiger partial charge in [0.05, 0.1) is 0 Å². The van der Waals surface area contributed by atoms with E-state index >= 15 is 0 Å². The molecule has 0 amide bonds. The van der Waals surface area contributed by atoms with Gasteiger partial charge in [0, 0.05) is 21.6 Å². The van der Waals surface area contributed by atoms with Crippen LogP contribution in [0.4, 0.5) is 0 Å². The van der Waals surface area contributed by atoms with E-state index < -0.39 is 0 Å². The molecule has 0 aliphatic rings. The summed E-state index contributed by atoms with van der Waals surface area (Å²) in [6.45, 7) is 4.32. The molecule has 0 saturated heterocycles. The number of fused-ring (bicyclic) bond motifs is 1. The molecule has 1 aromatic carbocycles. The highest BCUT2D eigenvalue weighted by Gasteiger charge is 2.09. The van der Waals surface area contributed by atoms with Crippen LogP contribution in [-0.4, -0.2) is 22.6 Å². The molecule has 0 aliphatic carbocycles. The van der Waals surface area contributed by atoms with Crippen molar-refractivity contribution in [1.29, 1.82) is 0 Å². The summed E-state index contributed by atoms with van der Waals surface area (Å²) in [7, 11) is 0. The Hall–Kier alpha value is -1.20. The highest BCUT2D eigenvalue weighted by molar-refractivity contribution is 9.10. The molecule has 2 N–H and O–H groups in total. The van der Waals surface area contributed by atoms with E-state index in [2.05, 4.69) is 25.9 Å². The van der Waals surface area contributed by atoms with Crippen molar-refractivity contribution in [3.8, 4) is 5.75 Å². The number of halogens is 1. The van der Waals surface area contributed by atoms with E-state index in [1.807, 2.05) is 26.0 Å². The second kappa shape index (κ2) is 4.98. The normalized spacial score (nSPS) is 12.7. The third-order valence-electron chi connectivity index (χ3n) is 2.37. The van der Waals surface area contributed by atoms with Gasteiger partial charge < -0.3 is 10.5 Å². The first-order chi connectivity index (χ1) is 8.08. The van der Waals surface area contributed by atoms with Gasteiger partial charge >= 0.3 is 0 Å². The number of nitrogens with two attached hydrogens (primary N) is 1. The lowest BCUT2D eigenvalue weighted by Gasteiger charge is -2.11. The second-order valence-electron chi connectivity index (χ2n) is 4.05. The van der Waals surface area contributed by atoms with Crippen molar-refractivity contribution in [2.45, 2.75) is 19.9 Å². The summed E-state index contributed by atoms with van der Waals surface area (Å²) in [6.07, 6.45) is 1.55. The minimum absolute atomic E-state index is 0.00744. The van der Waals surface area contributed by atoms with Crippen molar-refractivity contribution in [2.24, 2.45) is 5.73 Å². The number of hydrogen-bond donors (Lipinski definition) is 1. The number of rotatable bonds is 3. The SMILES string of the molecule is Cc1ncnc2c(OCC(C)N)cc(Br)cc12. The van der Waals surface area contributed by atoms with Crippen LogP contribution < -0.4 is 10.5 Å². The van der Waals surface area contributed by atoms with Crippen molar-refractivity contribution < 1.29 is 4.74 Å². The minimum atomic E-state index is -0.00744. The highest BCUT2D eigenvalue weighted by Crippen LogP contribution is 2.29. The first-order valence-electron chi connectivity index (χ1n) is 5.37. The van der Waals surface area contributed by atoms with Crippen LogP contribution in [0.3, 0.4) is 0 Å². The summed E-state index contributed by atoms with van der Waals surface area (Å²) in [5.74, 6) is 0.733. The number of benzene rings is 1. The van der Waals surface area contributed by atoms with Crippen LogP contribution in [0.15, 0.2) is 22.9 Å². The quantitative estimate of drug-likeness (QED) is 0.945. The Morgan fingerprint density at radius 1 is 1.41 bits per heavy atom. The van der Waals surface area contributed by atoms with Gasteiger partial charge in [-0.1, -0.05) is 15.9 Å². The standard InChI is InChI=1S/C12H14BrN3O/c1-7(14)5-17-11-4-9(13)3-10-8(2)15-6-16-12(10)11/h3-4,6-7H,5,14H2,1-2H3. The third-order valence-corrected chi connectivity index (χ3v) is 2.83. The fraction of sp³-hybridized carbons (Fsp3) is 0.333. The number of hydrogen-bond acceptors (Lipinski definition) is 4. The molecule has 1 atom stereocenters. The maximum Gasteiger partial charge on any atom is 0.146 e. The zero-order chi connectivity index (χ0) is 12.4. The lowest BCUT2D eigenvalue weighted by Crippen LogP contribution is -2.23. The van der Waals surface area contributed by atoms with Crippen LogP contribution in [0.1, 0.15) is 12.6 Å². The molecule has 2 rings (SSSR count). The highest BCUT2D eigenvalue weighted by atomic mass is 79.9. The van der Waals surface area contributed by atoms with Crippen LogP contribution in [0, 0.1) is 6.92 Å². The largest absolute Gasteiger partial charge is 0.490 e. The Balaban J connectivity index is 2.50. The predicted octanol–water partition coefficient (Wildman–Crippen LogP) is 2.43. The Bertz CT molecular complexity index is 543. The molecule has 90 valence electrons. The Labute approximate surface area is 108 Å². The van der Waals surface area contributed by atoms with Gasteiger partial charge in [0.15, 0.2) is 0 Å². The molecule has 0 aliphatic heterocycles. The molecule has 17 heavy (non-hydrogen) atoms. The monoisotopic (exact) mass is 295 g/mol. The predicted molar refractivity (Wildman–Crippen MR) is 71.1 cm³/mol. The molecule has 5 heteroatoms. The molecule has 2 aromatic rings. The van der Waals surface area contributed by atoms with Gasteiger partial charge in [0.1, 0.15) is 24.2 Å². The summed E-state index contributed by atoms with van der Waals surface area (Å²) < 4.78 is 6.62. The smallest absolute Gasteiger partial charge is 0.146 e. The van der Waals surface area contributed by atoms with Crippen LogP contribution in [-0.2, 0) is 0 Å². The first kappa shape index (κ1) is 12.3. The Morgan fingerprint density at radius 2 is 2.18 bits per heavy atom. The van der Waals surface area contributed by atoms with E-state index in [0.717, 1.165) is 26.8 Å². The zero-order valence-electron chi connectivity index (χ0n) is 9.77. The summed E-state index contributed by atoms with van der Waals surface area (Å²) in [6, 6.07) is 3.88. The summed E-state index contributed by atoms with van der Waals surface area (Å²) >= 11 is 3.46. The Kier molecular flexibility index (Phi) is 3.59. The van der Waals surface area contributed by atoms with Crippen molar-refractivity contribution in [3.05, 3.63) is 28.6 Å². The lowest BCUT2D eigenvalue weighted by molar-refractivity contribution is 0.299. The molecule has 4 nitrogen and oxygen atoms in total. The maximum atomic E-state index is 5.68. The molecular weight excluding hydrogens is 282 g/mol. The van der Waals surface area contributed by atoms with Crippen molar-refractivity contribution >= 4 is 26.8 Å². The van der Waals surface area contributed by atoms with Gasteiger partial charge in [0.2, 0.25) is 0 Å². The Morgan fingerprint density at radius 3 is 2.88 bits per heavy atom. The molecule has 1 aromatic heterocycles. The van der Waals surface area contributed by atoms with Crippen LogP contribution in [0.5, 0.6) is 5.75 Å². The third kappa shape index (κ3) is 2.73. The van der Waals surface area contributed by atoms with Crippen LogP contribution in [0.2, 0.25) is 0 Å². The van der Waals surface area contributed by atoms with Crippen LogP contribution in [0.25, 0.3) is 10.9 Å². The van der Waals surface area contributed by atoms with Crippen molar-refractivity contribution in [2.75, 3.05) is 6.61 Å². The fourth-order valence-electron chi connectivity index (χ4n) is 1.56. The number of aromatic nitrogens is 2. The van der Waals surface area contributed by atoms with Crippen LogP contribution >= 0.6 is 15.9 Å². The average Bonchev–Trinajstić information content (AvgIpc) is 2.27. The number of aryl methyl sites for hydroxylation is 1. The number of ether oxygens (including phenoxy) is 1. The van der Waals surface area contributed by atoms with E-state index in [4.69, 9.17) is 10.5 Å². The summed E-state index contributed by atoms with van der Waals surface area (Å²) in [5, 5.41) is 0.988. The molecule has 0 spiro atoms. The molecule has 1 heterocycles. The molecular formula is C12H14BrN3O. The van der Waals surface area contributed by atoms with Crippen molar-refractivity contribution in [3.63, 3.8) is 0 Å². The van der Waals surface area contributed by atoms with Gasteiger partial charge in [-0.05, 0) is 26.0 Å². The van der Waals surface area contributed by atoms with E-state index in [9.17, 15) is 0 Å². The molecule has 0 fully saturated rings. The van der Waals surface area contributed by atoms with Gasteiger partial charge in [-0.3, -0.25) is 0 Å². The zero-order valence-corrected chi connectivity index (χ0v) is 11.4. The summed E-state index contributed by atoms with van der Waals surface area (Å²) in [5.41, 5.74) is 7.44. The van der Waals surface area contributed by atoms with E-state index in [-0.39, 0.29) is 6.04 Å².